The van der Waals surface area contributed by atoms with Crippen molar-refractivity contribution in [1.82, 2.24) is 4.90 Å². The fraction of sp³-hybridized carbons (Fsp3) is 0.611. The summed E-state index contributed by atoms with van der Waals surface area (Å²) in [5.74, 6) is 0.576. The topological polar surface area (TPSA) is 66.8 Å². The SMILES string of the molecule is CC(C)(C)OC(=O)N(CCCO)CCCCS(=O)c1ccccc1. The molecule has 1 aromatic carbocycles. The minimum absolute atomic E-state index is 0.0390. The predicted molar refractivity (Wildman–Crippen MR) is 96.5 cm³/mol. The molecule has 0 aliphatic heterocycles. The fourth-order valence-electron chi connectivity index (χ4n) is 2.11. The van der Waals surface area contributed by atoms with Crippen LogP contribution < -0.4 is 0 Å². The largest absolute Gasteiger partial charge is 0.444 e. The van der Waals surface area contributed by atoms with Gasteiger partial charge in [-0.15, -0.1) is 0 Å². The monoisotopic (exact) mass is 355 g/mol. The number of carbonyl (C=O) groups is 1. The number of nitrogens with zero attached hydrogens (tertiary/aromatic N) is 1. The van der Waals surface area contributed by atoms with Gasteiger partial charge >= 0.3 is 6.09 Å². The summed E-state index contributed by atoms with van der Waals surface area (Å²) in [6.45, 7) is 6.54. The van der Waals surface area contributed by atoms with Crippen LogP contribution in [0.1, 0.15) is 40.0 Å². The van der Waals surface area contributed by atoms with Crippen molar-refractivity contribution in [1.29, 1.82) is 0 Å². The van der Waals surface area contributed by atoms with E-state index < -0.39 is 16.4 Å². The highest BCUT2D eigenvalue weighted by molar-refractivity contribution is 7.85. The molecule has 0 saturated heterocycles. The Balaban J connectivity index is 2.41. The van der Waals surface area contributed by atoms with Gasteiger partial charge in [0.2, 0.25) is 0 Å². The molecule has 1 atom stereocenters. The number of benzene rings is 1. The van der Waals surface area contributed by atoms with Crippen LogP contribution in [0.15, 0.2) is 35.2 Å². The zero-order valence-corrected chi connectivity index (χ0v) is 15.7. The molecule has 0 saturated carbocycles. The van der Waals surface area contributed by atoms with Gasteiger partial charge in [-0.05, 0) is 52.2 Å². The van der Waals surface area contributed by atoms with Crippen LogP contribution in [0.3, 0.4) is 0 Å². The van der Waals surface area contributed by atoms with E-state index in [-0.39, 0.29) is 12.7 Å². The van der Waals surface area contributed by atoms with Crippen molar-refractivity contribution < 1.29 is 18.8 Å². The van der Waals surface area contributed by atoms with E-state index in [4.69, 9.17) is 9.84 Å². The molecule has 1 aromatic rings. The Labute approximate surface area is 147 Å². The lowest BCUT2D eigenvalue weighted by Crippen LogP contribution is -2.38. The van der Waals surface area contributed by atoms with Crippen molar-refractivity contribution in [2.75, 3.05) is 25.4 Å². The van der Waals surface area contributed by atoms with Crippen LogP contribution in [-0.4, -0.2) is 51.4 Å². The molecule has 5 nitrogen and oxygen atoms in total. The van der Waals surface area contributed by atoms with E-state index in [0.29, 0.717) is 25.3 Å². The first-order chi connectivity index (χ1) is 11.3. The maximum absolute atomic E-state index is 12.2. The van der Waals surface area contributed by atoms with E-state index in [1.54, 1.807) is 4.90 Å². The molecule has 1 rings (SSSR count). The van der Waals surface area contributed by atoms with Crippen LogP contribution in [0.25, 0.3) is 0 Å². The first kappa shape index (κ1) is 20.6. The van der Waals surface area contributed by atoms with Crippen molar-refractivity contribution >= 4 is 16.9 Å². The van der Waals surface area contributed by atoms with Gasteiger partial charge in [-0.2, -0.15) is 0 Å². The molecule has 6 heteroatoms. The Morgan fingerprint density at radius 3 is 2.33 bits per heavy atom. The molecule has 0 heterocycles. The smallest absolute Gasteiger partial charge is 0.410 e. The van der Waals surface area contributed by atoms with Crippen LogP contribution in [-0.2, 0) is 15.5 Å². The third-order valence-electron chi connectivity index (χ3n) is 3.25. The third-order valence-corrected chi connectivity index (χ3v) is 4.71. The molecule has 1 amide bonds. The average Bonchev–Trinajstić information content (AvgIpc) is 2.53. The summed E-state index contributed by atoms with van der Waals surface area (Å²) < 4.78 is 17.5. The van der Waals surface area contributed by atoms with Crippen LogP contribution in [0, 0.1) is 0 Å². The number of hydrogen-bond donors (Lipinski definition) is 1. The van der Waals surface area contributed by atoms with Gasteiger partial charge in [0.15, 0.2) is 0 Å². The van der Waals surface area contributed by atoms with Gasteiger partial charge in [0.1, 0.15) is 5.60 Å². The van der Waals surface area contributed by atoms with Gasteiger partial charge < -0.3 is 14.7 Å². The van der Waals surface area contributed by atoms with Crippen molar-refractivity contribution in [2.24, 2.45) is 0 Å². The number of unbranched alkanes of at least 4 members (excludes halogenated alkanes) is 1. The lowest BCUT2D eigenvalue weighted by Gasteiger charge is -2.27. The third kappa shape index (κ3) is 8.45. The van der Waals surface area contributed by atoms with Gasteiger partial charge in [0.05, 0.1) is 10.8 Å². The Morgan fingerprint density at radius 2 is 1.75 bits per heavy atom. The van der Waals surface area contributed by atoms with Gasteiger partial charge in [0, 0.05) is 30.3 Å². The molecule has 1 unspecified atom stereocenters. The summed E-state index contributed by atoms with van der Waals surface area (Å²) in [5, 5.41) is 8.98. The van der Waals surface area contributed by atoms with Crippen LogP contribution in [0.2, 0.25) is 0 Å². The second-order valence-corrected chi connectivity index (χ2v) is 8.19. The van der Waals surface area contributed by atoms with Gasteiger partial charge in [-0.3, -0.25) is 4.21 Å². The number of ether oxygens (including phenoxy) is 1. The Bertz CT molecular complexity index is 514. The zero-order valence-electron chi connectivity index (χ0n) is 14.9. The Kier molecular flexibility index (Phi) is 9.00. The van der Waals surface area contributed by atoms with Crippen LogP contribution in [0.4, 0.5) is 4.79 Å². The minimum Gasteiger partial charge on any atom is -0.444 e. The minimum atomic E-state index is -1.00. The van der Waals surface area contributed by atoms with E-state index in [0.717, 1.165) is 17.7 Å². The van der Waals surface area contributed by atoms with Crippen LogP contribution in [0.5, 0.6) is 0 Å². The summed E-state index contributed by atoms with van der Waals surface area (Å²) in [7, 11) is -1.00. The number of aliphatic hydroxyl groups is 1. The van der Waals surface area contributed by atoms with Crippen molar-refractivity contribution in [2.45, 2.75) is 50.5 Å². The molecule has 0 fully saturated rings. The second-order valence-electron chi connectivity index (χ2n) is 6.61. The summed E-state index contributed by atoms with van der Waals surface area (Å²) in [5.41, 5.74) is -0.538. The normalized spacial score (nSPS) is 12.7. The maximum atomic E-state index is 12.2. The molecule has 136 valence electrons. The highest BCUT2D eigenvalue weighted by Crippen LogP contribution is 2.12. The molecule has 0 radical (unpaired) electrons. The quantitative estimate of drug-likeness (QED) is 0.691. The number of carbonyl (C=O) groups excluding carboxylic acids is 1. The number of amides is 1. The lowest BCUT2D eigenvalue weighted by molar-refractivity contribution is 0.0238. The molecule has 1 N–H and O–H groups in total. The van der Waals surface area contributed by atoms with Crippen molar-refractivity contribution in [3.05, 3.63) is 30.3 Å². The second kappa shape index (κ2) is 10.5. The zero-order chi connectivity index (χ0) is 18.0. The van der Waals surface area contributed by atoms with Crippen LogP contribution >= 0.6 is 0 Å². The van der Waals surface area contributed by atoms with Gasteiger partial charge in [-0.1, -0.05) is 18.2 Å². The molecule has 0 aromatic heterocycles. The summed E-state index contributed by atoms with van der Waals surface area (Å²) >= 11 is 0. The molecular weight excluding hydrogens is 326 g/mol. The van der Waals surface area contributed by atoms with Crippen molar-refractivity contribution in [3.8, 4) is 0 Å². The molecular formula is C18H29NO4S. The lowest BCUT2D eigenvalue weighted by atomic mass is 10.2. The number of aliphatic hydroxyl groups excluding tert-OH is 1. The van der Waals surface area contributed by atoms with E-state index in [2.05, 4.69) is 0 Å². The Hall–Kier alpha value is -1.40. The standard InChI is InChI=1S/C18H29NO4S/c1-18(2,3)23-17(21)19(13-9-14-20)12-7-8-15-24(22)16-10-5-4-6-11-16/h4-6,10-11,20H,7-9,12-15H2,1-3H3. The molecule has 0 aliphatic carbocycles. The molecule has 0 aliphatic rings. The summed E-state index contributed by atoms with van der Waals surface area (Å²) in [6, 6.07) is 9.40. The van der Waals surface area contributed by atoms with Crippen molar-refractivity contribution in [3.63, 3.8) is 0 Å². The summed E-state index contributed by atoms with van der Waals surface area (Å²) in [4.78, 5) is 14.6. The van der Waals surface area contributed by atoms with E-state index in [9.17, 15) is 9.00 Å². The predicted octanol–water partition coefficient (Wildman–Crippen LogP) is 3.19. The Morgan fingerprint density at radius 1 is 1.12 bits per heavy atom. The number of rotatable bonds is 9. The first-order valence-corrected chi connectivity index (χ1v) is 9.67. The average molecular weight is 356 g/mol. The van der Waals surface area contributed by atoms with E-state index >= 15 is 0 Å². The molecule has 24 heavy (non-hydrogen) atoms. The number of hydrogen-bond acceptors (Lipinski definition) is 4. The maximum Gasteiger partial charge on any atom is 0.410 e. The fourth-order valence-corrected chi connectivity index (χ4v) is 3.27. The highest BCUT2D eigenvalue weighted by Gasteiger charge is 2.21. The van der Waals surface area contributed by atoms with Gasteiger partial charge in [-0.25, -0.2) is 4.79 Å². The highest BCUT2D eigenvalue weighted by atomic mass is 32.2. The molecule has 0 spiro atoms. The summed E-state index contributed by atoms with van der Waals surface area (Å²) in [6.07, 6.45) is 1.68. The van der Waals surface area contributed by atoms with E-state index in [1.807, 2.05) is 51.1 Å². The van der Waals surface area contributed by atoms with E-state index in [1.165, 1.54) is 0 Å². The first-order valence-electron chi connectivity index (χ1n) is 8.35. The van der Waals surface area contributed by atoms with Gasteiger partial charge in [0.25, 0.3) is 0 Å². The molecule has 0 bridgehead atoms.